The molecule has 2 aliphatic rings. The van der Waals surface area contributed by atoms with Gasteiger partial charge in [-0.15, -0.1) is 0 Å². The molecular formula is C21H22ClNO2. The molecular weight excluding hydrogens is 334 g/mol. The Morgan fingerprint density at radius 2 is 1.88 bits per heavy atom. The van der Waals surface area contributed by atoms with Crippen LogP contribution >= 0.6 is 11.6 Å². The highest BCUT2D eigenvalue weighted by Crippen LogP contribution is 2.72. The van der Waals surface area contributed by atoms with Crippen molar-refractivity contribution in [3.05, 3.63) is 59.1 Å². The fourth-order valence-electron chi connectivity index (χ4n) is 4.73. The fourth-order valence-corrected chi connectivity index (χ4v) is 4.90. The first-order chi connectivity index (χ1) is 12.2. The van der Waals surface area contributed by atoms with Gasteiger partial charge in [0.05, 0.1) is 18.7 Å². The van der Waals surface area contributed by atoms with Gasteiger partial charge < -0.3 is 10.1 Å². The summed E-state index contributed by atoms with van der Waals surface area (Å²) < 4.78 is 5.36. The number of anilines is 1. The van der Waals surface area contributed by atoms with E-state index >= 15 is 0 Å². The van der Waals surface area contributed by atoms with Crippen molar-refractivity contribution in [1.29, 1.82) is 0 Å². The Morgan fingerprint density at radius 3 is 2.56 bits per heavy atom. The number of nitrogens with one attached hydrogen (secondary N) is 1. The smallest absolute Gasteiger partial charge is 0.228 e. The van der Waals surface area contributed by atoms with Crippen LogP contribution in [0.4, 0.5) is 5.69 Å². The Morgan fingerprint density at radius 1 is 1.16 bits per heavy atom. The molecule has 0 aliphatic heterocycles. The van der Waals surface area contributed by atoms with Crippen molar-refractivity contribution < 1.29 is 9.53 Å². The van der Waals surface area contributed by atoms with E-state index in [0.717, 1.165) is 12.8 Å². The standard InChI is InChI=1S/C21H22ClNO2/c1-25-17-10-9-15(22)13-16(17)23-20(24)19-18(14-7-3-2-4-8-14)21(19)11-5-6-12-21/h2-4,7-10,13,18-19H,5-6,11-12H2,1H3,(H,23,24)/t18-,19+/m1/s1. The number of carbonyl (C=O) groups is 1. The van der Waals surface area contributed by atoms with Crippen LogP contribution in [0.5, 0.6) is 5.75 Å². The molecule has 3 nitrogen and oxygen atoms in total. The van der Waals surface area contributed by atoms with Crippen LogP contribution in [-0.2, 0) is 4.79 Å². The molecule has 2 aromatic rings. The van der Waals surface area contributed by atoms with Crippen LogP contribution in [0.3, 0.4) is 0 Å². The van der Waals surface area contributed by atoms with Gasteiger partial charge in [-0.25, -0.2) is 0 Å². The topological polar surface area (TPSA) is 38.3 Å². The van der Waals surface area contributed by atoms with Crippen LogP contribution in [0.15, 0.2) is 48.5 Å². The lowest BCUT2D eigenvalue weighted by Crippen LogP contribution is -2.18. The normalized spacial score (nSPS) is 23.4. The van der Waals surface area contributed by atoms with Gasteiger partial charge in [0.25, 0.3) is 0 Å². The summed E-state index contributed by atoms with van der Waals surface area (Å²) >= 11 is 6.09. The highest BCUT2D eigenvalue weighted by atomic mass is 35.5. The Bertz CT molecular complexity index is 784. The zero-order valence-corrected chi connectivity index (χ0v) is 15.1. The van der Waals surface area contributed by atoms with E-state index in [2.05, 4.69) is 29.6 Å². The summed E-state index contributed by atoms with van der Waals surface area (Å²) in [5, 5.41) is 3.65. The van der Waals surface area contributed by atoms with E-state index in [-0.39, 0.29) is 17.2 Å². The number of rotatable bonds is 4. The minimum atomic E-state index is 0.0288. The van der Waals surface area contributed by atoms with Crippen LogP contribution in [0.2, 0.25) is 5.02 Å². The molecule has 2 fully saturated rings. The summed E-state index contributed by atoms with van der Waals surface area (Å²) in [6.07, 6.45) is 4.70. The number of ether oxygens (including phenoxy) is 1. The van der Waals surface area contributed by atoms with E-state index in [4.69, 9.17) is 16.3 Å². The number of methoxy groups -OCH3 is 1. The van der Waals surface area contributed by atoms with E-state index in [0.29, 0.717) is 22.4 Å². The van der Waals surface area contributed by atoms with Crippen molar-refractivity contribution >= 4 is 23.2 Å². The molecule has 1 spiro atoms. The molecule has 0 heterocycles. The maximum absolute atomic E-state index is 13.1. The predicted molar refractivity (Wildman–Crippen MR) is 100 cm³/mol. The van der Waals surface area contributed by atoms with Gasteiger partial charge in [0.2, 0.25) is 5.91 Å². The fraction of sp³-hybridized carbons (Fsp3) is 0.381. The molecule has 0 bridgehead atoms. The quantitative estimate of drug-likeness (QED) is 0.812. The van der Waals surface area contributed by atoms with Crippen molar-refractivity contribution in [2.24, 2.45) is 11.3 Å². The van der Waals surface area contributed by atoms with Crippen molar-refractivity contribution in [2.75, 3.05) is 12.4 Å². The summed E-state index contributed by atoms with van der Waals surface area (Å²) in [5.74, 6) is 1.06. The second-order valence-electron chi connectivity index (χ2n) is 7.14. The number of halogens is 1. The van der Waals surface area contributed by atoms with Crippen LogP contribution in [0, 0.1) is 11.3 Å². The van der Waals surface area contributed by atoms with Crippen LogP contribution in [0.1, 0.15) is 37.2 Å². The Kier molecular flexibility index (Phi) is 4.20. The van der Waals surface area contributed by atoms with Crippen molar-refractivity contribution in [3.63, 3.8) is 0 Å². The molecule has 4 rings (SSSR count). The molecule has 0 radical (unpaired) electrons. The predicted octanol–water partition coefficient (Wildman–Crippen LogP) is 5.26. The summed E-state index contributed by atoms with van der Waals surface area (Å²) in [5.41, 5.74) is 2.06. The van der Waals surface area contributed by atoms with Gasteiger partial charge in [-0.3, -0.25) is 4.79 Å². The number of amides is 1. The van der Waals surface area contributed by atoms with Crippen molar-refractivity contribution in [3.8, 4) is 5.75 Å². The molecule has 4 heteroatoms. The third-order valence-electron chi connectivity index (χ3n) is 5.86. The average Bonchev–Trinajstić information content (AvgIpc) is 3.00. The molecule has 1 N–H and O–H groups in total. The molecule has 2 aromatic carbocycles. The van der Waals surface area contributed by atoms with Gasteiger partial charge in [-0.2, -0.15) is 0 Å². The largest absolute Gasteiger partial charge is 0.495 e. The lowest BCUT2D eigenvalue weighted by Gasteiger charge is -2.12. The SMILES string of the molecule is COc1ccc(Cl)cc1NC(=O)[C@@H]1[C@@H](c2ccccc2)C12CCCC2. The lowest BCUT2D eigenvalue weighted by atomic mass is 9.97. The highest BCUT2D eigenvalue weighted by Gasteiger charge is 2.68. The molecule has 1 amide bonds. The summed E-state index contributed by atoms with van der Waals surface area (Å²) in [4.78, 5) is 13.1. The highest BCUT2D eigenvalue weighted by molar-refractivity contribution is 6.31. The summed E-state index contributed by atoms with van der Waals surface area (Å²) in [6.45, 7) is 0. The third-order valence-corrected chi connectivity index (χ3v) is 6.09. The van der Waals surface area contributed by atoms with Crippen molar-refractivity contribution in [2.45, 2.75) is 31.6 Å². The Labute approximate surface area is 153 Å². The molecule has 0 unspecified atom stereocenters. The van der Waals surface area contributed by atoms with E-state index < -0.39 is 0 Å². The van der Waals surface area contributed by atoms with E-state index in [1.807, 2.05) is 6.07 Å². The summed E-state index contributed by atoms with van der Waals surface area (Å²) in [7, 11) is 1.60. The molecule has 0 aromatic heterocycles. The minimum absolute atomic E-state index is 0.0288. The van der Waals surface area contributed by atoms with Gasteiger partial charge in [0.15, 0.2) is 0 Å². The third kappa shape index (κ3) is 2.81. The molecule has 0 saturated heterocycles. The van der Waals surface area contributed by atoms with Gasteiger partial charge >= 0.3 is 0 Å². The zero-order chi connectivity index (χ0) is 17.4. The number of carbonyl (C=O) groups excluding carboxylic acids is 1. The first-order valence-electron chi connectivity index (χ1n) is 8.85. The molecule has 2 aliphatic carbocycles. The van der Waals surface area contributed by atoms with Gasteiger partial charge in [-0.1, -0.05) is 54.8 Å². The van der Waals surface area contributed by atoms with Gasteiger partial charge in [-0.05, 0) is 42.0 Å². The number of benzene rings is 2. The molecule has 2 atom stereocenters. The van der Waals surface area contributed by atoms with E-state index in [1.54, 1.807) is 25.3 Å². The average molecular weight is 356 g/mol. The number of hydrogen-bond donors (Lipinski definition) is 1. The zero-order valence-electron chi connectivity index (χ0n) is 14.3. The first kappa shape index (κ1) is 16.5. The summed E-state index contributed by atoms with van der Waals surface area (Å²) in [6, 6.07) is 15.7. The maximum Gasteiger partial charge on any atom is 0.228 e. The van der Waals surface area contributed by atoms with Crippen LogP contribution in [-0.4, -0.2) is 13.0 Å². The number of hydrogen-bond acceptors (Lipinski definition) is 2. The van der Waals surface area contributed by atoms with E-state index in [1.165, 1.54) is 18.4 Å². The Hall–Kier alpha value is -2.00. The minimum Gasteiger partial charge on any atom is -0.495 e. The Balaban J connectivity index is 1.60. The molecule has 2 saturated carbocycles. The van der Waals surface area contributed by atoms with E-state index in [9.17, 15) is 4.79 Å². The lowest BCUT2D eigenvalue weighted by molar-refractivity contribution is -0.118. The maximum atomic E-state index is 13.1. The first-order valence-corrected chi connectivity index (χ1v) is 9.23. The molecule has 25 heavy (non-hydrogen) atoms. The van der Waals surface area contributed by atoms with Crippen LogP contribution < -0.4 is 10.1 Å². The van der Waals surface area contributed by atoms with Crippen LogP contribution in [0.25, 0.3) is 0 Å². The van der Waals surface area contributed by atoms with Crippen molar-refractivity contribution in [1.82, 2.24) is 0 Å². The second-order valence-corrected chi connectivity index (χ2v) is 7.58. The van der Waals surface area contributed by atoms with Gasteiger partial charge in [0, 0.05) is 10.9 Å². The molecule has 130 valence electrons. The monoisotopic (exact) mass is 355 g/mol. The second kappa shape index (κ2) is 6.38. The van der Waals surface area contributed by atoms with Gasteiger partial charge in [0.1, 0.15) is 5.75 Å².